The van der Waals surface area contributed by atoms with Crippen molar-refractivity contribution < 1.29 is 14.0 Å². The molecule has 0 saturated carbocycles. The molecule has 2 heterocycles. The smallest absolute Gasteiger partial charge is 0.223 e. The van der Waals surface area contributed by atoms with E-state index in [-0.39, 0.29) is 24.3 Å². The van der Waals surface area contributed by atoms with Gasteiger partial charge in [0.15, 0.2) is 0 Å². The molecule has 3 rings (SSSR count). The van der Waals surface area contributed by atoms with Crippen LogP contribution in [0.1, 0.15) is 30.6 Å². The standard InChI is InChI=1S/C18H18Cl2N2O3/c19-13-4-3-12(16(20)8-13)11-22-14(5-6-18(22)24)9-17(23)21-10-15-2-1-7-25-15/h1-4,7-8,14H,5-6,9-11H2,(H,21,23). The Balaban J connectivity index is 1.60. The van der Waals surface area contributed by atoms with Gasteiger partial charge < -0.3 is 14.6 Å². The summed E-state index contributed by atoms with van der Waals surface area (Å²) in [7, 11) is 0. The molecule has 1 N–H and O–H groups in total. The second-order valence-electron chi connectivity index (χ2n) is 6.01. The average molecular weight is 381 g/mol. The van der Waals surface area contributed by atoms with Crippen LogP contribution in [0, 0.1) is 0 Å². The maximum Gasteiger partial charge on any atom is 0.223 e. The summed E-state index contributed by atoms with van der Waals surface area (Å²) in [5.74, 6) is 0.624. The largest absolute Gasteiger partial charge is 0.467 e. The van der Waals surface area contributed by atoms with Crippen LogP contribution in [0.2, 0.25) is 10.0 Å². The van der Waals surface area contributed by atoms with Crippen LogP contribution >= 0.6 is 23.2 Å². The third kappa shape index (κ3) is 4.55. The molecule has 0 aliphatic carbocycles. The summed E-state index contributed by atoms with van der Waals surface area (Å²) in [5.41, 5.74) is 0.822. The molecule has 1 fully saturated rings. The van der Waals surface area contributed by atoms with Gasteiger partial charge in [0.05, 0.1) is 12.8 Å². The lowest BCUT2D eigenvalue weighted by atomic mass is 10.1. The van der Waals surface area contributed by atoms with Gasteiger partial charge in [-0.15, -0.1) is 0 Å². The Bertz CT molecular complexity index is 762. The summed E-state index contributed by atoms with van der Waals surface area (Å²) >= 11 is 12.1. The van der Waals surface area contributed by atoms with Crippen LogP contribution in [0.4, 0.5) is 0 Å². The molecule has 2 aromatic rings. The highest BCUT2D eigenvalue weighted by molar-refractivity contribution is 6.35. The van der Waals surface area contributed by atoms with Crippen molar-refractivity contribution in [1.29, 1.82) is 0 Å². The van der Waals surface area contributed by atoms with Gasteiger partial charge >= 0.3 is 0 Å². The molecule has 132 valence electrons. The second-order valence-corrected chi connectivity index (χ2v) is 6.85. The number of hydrogen-bond donors (Lipinski definition) is 1. The molecule has 1 unspecified atom stereocenters. The van der Waals surface area contributed by atoms with Gasteiger partial charge in [0, 0.05) is 35.5 Å². The van der Waals surface area contributed by atoms with E-state index in [9.17, 15) is 9.59 Å². The fourth-order valence-corrected chi connectivity index (χ4v) is 3.41. The van der Waals surface area contributed by atoms with Crippen molar-refractivity contribution >= 4 is 35.0 Å². The number of carbonyl (C=O) groups excluding carboxylic acids is 2. The molecule has 1 saturated heterocycles. The molecule has 1 aromatic carbocycles. The van der Waals surface area contributed by atoms with E-state index in [0.717, 1.165) is 5.56 Å². The van der Waals surface area contributed by atoms with Crippen LogP contribution in [0.15, 0.2) is 41.0 Å². The van der Waals surface area contributed by atoms with Gasteiger partial charge in [0.25, 0.3) is 0 Å². The summed E-state index contributed by atoms with van der Waals surface area (Å²) in [5, 5.41) is 3.89. The minimum absolute atomic E-state index is 0.0369. The zero-order valence-electron chi connectivity index (χ0n) is 13.5. The lowest BCUT2D eigenvalue weighted by Gasteiger charge is -2.25. The number of likely N-dealkylation sites (tertiary alicyclic amines) is 1. The van der Waals surface area contributed by atoms with Crippen molar-refractivity contribution in [2.75, 3.05) is 0 Å². The summed E-state index contributed by atoms with van der Waals surface area (Å²) in [6, 6.07) is 8.65. The molecule has 5 nitrogen and oxygen atoms in total. The van der Waals surface area contributed by atoms with Gasteiger partial charge in [-0.3, -0.25) is 9.59 Å². The van der Waals surface area contributed by atoms with E-state index in [1.807, 2.05) is 6.07 Å². The molecule has 0 bridgehead atoms. The Morgan fingerprint density at radius 3 is 2.88 bits per heavy atom. The number of rotatable bonds is 6. The van der Waals surface area contributed by atoms with E-state index in [0.29, 0.717) is 41.7 Å². The van der Waals surface area contributed by atoms with Crippen LogP contribution in [0.3, 0.4) is 0 Å². The Hall–Kier alpha value is -1.98. The predicted molar refractivity (Wildman–Crippen MR) is 95.2 cm³/mol. The second kappa shape index (κ2) is 7.93. The fourth-order valence-electron chi connectivity index (χ4n) is 2.94. The first kappa shape index (κ1) is 17.8. The highest BCUT2D eigenvalue weighted by atomic mass is 35.5. The van der Waals surface area contributed by atoms with Crippen molar-refractivity contribution in [2.24, 2.45) is 0 Å². The third-order valence-electron chi connectivity index (χ3n) is 4.27. The SMILES string of the molecule is O=C(CC1CCC(=O)N1Cc1ccc(Cl)cc1Cl)NCc1ccco1. The average Bonchev–Trinajstić information content (AvgIpc) is 3.20. The van der Waals surface area contributed by atoms with Gasteiger partial charge in [-0.05, 0) is 36.2 Å². The van der Waals surface area contributed by atoms with E-state index >= 15 is 0 Å². The lowest BCUT2D eigenvalue weighted by molar-refractivity contribution is -0.130. The van der Waals surface area contributed by atoms with Gasteiger partial charge in [0.1, 0.15) is 5.76 Å². The Morgan fingerprint density at radius 1 is 1.32 bits per heavy atom. The van der Waals surface area contributed by atoms with Gasteiger partial charge in [-0.25, -0.2) is 0 Å². The molecule has 0 radical (unpaired) electrons. The van der Waals surface area contributed by atoms with Crippen LogP contribution < -0.4 is 5.32 Å². The molecule has 1 aliphatic heterocycles. The first-order chi connectivity index (χ1) is 12.0. The molecule has 0 spiro atoms. The predicted octanol–water partition coefficient (Wildman–Crippen LogP) is 3.78. The quantitative estimate of drug-likeness (QED) is 0.828. The summed E-state index contributed by atoms with van der Waals surface area (Å²) in [6.07, 6.45) is 2.94. The summed E-state index contributed by atoms with van der Waals surface area (Å²) in [6.45, 7) is 0.723. The minimum Gasteiger partial charge on any atom is -0.467 e. The van der Waals surface area contributed by atoms with E-state index in [1.165, 1.54) is 0 Å². The topological polar surface area (TPSA) is 62.6 Å². The number of benzene rings is 1. The zero-order valence-corrected chi connectivity index (χ0v) is 15.0. The number of carbonyl (C=O) groups is 2. The van der Waals surface area contributed by atoms with Crippen LogP contribution in [-0.4, -0.2) is 22.8 Å². The minimum atomic E-state index is -0.129. The number of nitrogens with one attached hydrogen (secondary N) is 1. The number of nitrogens with zero attached hydrogens (tertiary/aromatic N) is 1. The van der Waals surface area contributed by atoms with Crippen LogP contribution in [-0.2, 0) is 22.7 Å². The summed E-state index contributed by atoms with van der Waals surface area (Å²) in [4.78, 5) is 26.1. The van der Waals surface area contributed by atoms with E-state index < -0.39 is 0 Å². The molecule has 1 aromatic heterocycles. The highest BCUT2D eigenvalue weighted by Crippen LogP contribution is 2.28. The van der Waals surface area contributed by atoms with Crippen molar-refractivity contribution in [3.05, 3.63) is 58.0 Å². The van der Waals surface area contributed by atoms with Crippen molar-refractivity contribution in [2.45, 2.75) is 38.4 Å². The first-order valence-electron chi connectivity index (χ1n) is 8.05. The molecule has 7 heteroatoms. The molecular formula is C18H18Cl2N2O3. The summed E-state index contributed by atoms with van der Waals surface area (Å²) < 4.78 is 5.19. The Labute approximate surface area is 155 Å². The molecule has 25 heavy (non-hydrogen) atoms. The Kier molecular flexibility index (Phi) is 5.66. The van der Waals surface area contributed by atoms with Crippen LogP contribution in [0.5, 0.6) is 0 Å². The maximum absolute atomic E-state index is 12.2. The fraction of sp³-hybridized carbons (Fsp3) is 0.333. The van der Waals surface area contributed by atoms with Crippen LogP contribution in [0.25, 0.3) is 0 Å². The number of furan rings is 1. The maximum atomic E-state index is 12.2. The van der Waals surface area contributed by atoms with Crippen molar-refractivity contribution in [3.63, 3.8) is 0 Å². The van der Waals surface area contributed by atoms with E-state index in [2.05, 4.69) is 5.32 Å². The highest BCUT2D eigenvalue weighted by Gasteiger charge is 2.32. The normalized spacial score (nSPS) is 17.1. The molecule has 1 aliphatic rings. The molecular weight excluding hydrogens is 363 g/mol. The van der Waals surface area contributed by atoms with E-state index in [1.54, 1.807) is 35.4 Å². The molecule has 1 atom stereocenters. The number of halogens is 2. The zero-order chi connectivity index (χ0) is 17.8. The lowest BCUT2D eigenvalue weighted by Crippen LogP contribution is -2.37. The van der Waals surface area contributed by atoms with Crippen molar-refractivity contribution in [3.8, 4) is 0 Å². The van der Waals surface area contributed by atoms with Gasteiger partial charge in [-0.1, -0.05) is 29.3 Å². The van der Waals surface area contributed by atoms with Crippen molar-refractivity contribution in [1.82, 2.24) is 10.2 Å². The molecule has 2 amide bonds. The number of amides is 2. The van der Waals surface area contributed by atoms with Gasteiger partial charge in [-0.2, -0.15) is 0 Å². The number of hydrogen-bond acceptors (Lipinski definition) is 3. The third-order valence-corrected chi connectivity index (χ3v) is 4.86. The monoisotopic (exact) mass is 380 g/mol. The van der Waals surface area contributed by atoms with Gasteiger partial charge in [0.2, 0.25) is 11.8 Å². The van der Waals surface area contributed by atoms with E-state index in [4.69, 9.17) is 27.6 Å². The first-order valence-corrected chi connectivity index (χ1v) is 8.81. The Morgan fingerprint density at radius 2 is 2.16 bits per heavy atom.